The number of thiophene rings is 1. The number of rotatable bonds is 7. The van der Waals surface area contributed by atoms with Crippen LogP contribution in [0.5, 0.6) is 0 Å². The average molecular weight is 304 g/mol. The van der Waals surface area contributed by atoms with Crippen molar-refractivity contribution in [2.75, 3.05) is 6.54 Å². The summed E-state index contributed by atoms with van der Waals surface area (Å²) in [6.45, 7) is 5.32. The fraction of sp³-hybridized carbons (Fsp3) is 0.692. The van der Waals surface area contributed by atoms with Gasteiger partial charge in [0.05, 0.1) is 3.79 Å². The monoisotopic (exact) mass is 303 g/mol. The van der Waals surface area contributed by atoms with E-state index in [0.717, 1.165) is 13.0 Å². The van der Waals surface area contributed by atoms with Crippen LogP contribution in [0, 0.1) is 5.41 Å². The number of unbranched alkanes of at least 4 members (excludes halogenated alkanes) is 1. The zero-order valence-electron chi connectivity index (χ0n) is 10.3. The maximum Gasteiger partial charge on any atom is 0.0701 e. The van der Waals surface area contributed by atoms with Gasteiger partial charge in [0, 0.05) is 4.88 Å². The molecule has 0 saturated carbocycles. The molecule has 1 nitrogen and oxygen atoms in total. The van der Waals surface area contributed by atoms with Crippen LogP contribution in [0.3, 0.4) is 0 Å². The fourth-order valence-electron chi connectivity index (χ4n) is 2.08. The summed E-state index contributed by atoms with van der Waals surface area (Å²) in [4.78, 5) is 1.45. The Bertz CT molecular complexity index is 305. The second-order valence-electron chi connectivity index (χ2n) is 4.54. The number of hydrogen-bond acceptors (Lipinski definition) is 2. The lowest BCUT2D eigenvalue weighted by atomic mass is 9.77. The first-order chi connectivity index (χ1) is 7.65. The van der Waals surface area contributed by atoms with E-state index in [4.69, 9.17) is 5.73 Å². The first-order valence-corrected chi connectivity index (χ1v) is 7.71. The van der Waals surface area contributed by atoms with E-state index in [0.29, 0.717) is 5.41 Å². The molecule has 92 valence electrons. The van der Waals surface area contributed by atoms with E-state index in [1.807, 2.05) is 11.3 Å². The quantitative estimate of drug-likeness (QED) is 0.783. The lowest BCUT2D eigenvalue weighted by molar-refractivity contribution is 0.253. The third-order valence-corrected chi connectivity index (χ3v) is 5.05. The Balaban J connectivity index is 2.69. The predicted molar refractivity (Wildman–Crippen MR) is 77.0 cm³/mol. The van der Waals surface area contributed by atoms with Crippen molar-refractivity contribution >= 4 is 27.3 Å². The van der Waals surface area contributed by atoms with Crippen LogP contribution in [0.2, 0.25) is 0 Å². The minimum atomic E-state index is 0.320. The molecule has 0 spiro atoms. The van der Waals surface area contributed by atoms with Crippen LogP contribution in [0.4, 0.5) is 0 Å². The van der Waals surface area contributed by atoms with Crippen molar-refractivity contribution in [3.05, 3.63) is 20.8 Å². The summed E-state index contributed by atoms with van der Waals surface area (Å²) in [7, 11) is 0. The molecule has 0 fully saturated rings. The maximum atomic E-state index is 6.01. The second-order valence-corrected chi connectivity index (χ2v) is 7.09. The van der Waals surface area contributed by atoms with Crippen molar-refractivity contribution in [2.24, 2.45) is 11.1 Å². The van der Waals surface area contributed by atoms with E-state index in [9.17, 15) is 0 Å². The van der Waals surface area contributed by atoms with Crippen molar-refractivity contribution in [1.29, 1.82) is 0 Å². The summed E-state index contributed by atoms with van der Waals surface area (Å²) < 4.78 is 1.22. The second kappa shape index (κ2) is 6.77. The predicted octanol–water partition coefficient (Wildman–Crippen LogP) is 4.60. The molecule has 0 aromatic carbocycles. The van der Waals surface area contributed by atoms with Crippen molar-refractivity contribution in [3.63, 3.8) is 0 Å². The topological polar surface area (TPSA) is 26.0 Å². The molecule has 3 heteroatoms. The Hall–Kier alpha value is 0.140. The largest absolute Gasteiger partial charge is 0.330 e. The molecule has 0 aliphatic heterocycles. The Kier molecular flexibility index (Phi) is 6.01. The van der Waals surface area contributed by atoms with Crippen LogP contribution in [-0.2, 0) is 6.42 Å². The molecular formula is C13H22BrNS. The van der Waals surface area contributed by atoms with Gasteiger partial charge in [0.25, 0.3) is 0 Å². The summed E-state index contributed by atoms with van der Waals surface area (Å²) in [5, 5.41) is 0. The van der Waals surface area contributed by atoms with E-state index < -0.39 is 0 Å². The molecule has 1 atom stereocenters. The van der Waals surface area contributed by atoms with Gasteiger partial charge < -0.3 is 5.73 Å². The van der Waals surface area contributed by atoms with E-state index in [-0.39, 0.29) is 0 Å². The van der Waals surface area contributed by atoms with Crippen LogP contribution in [0.15, 0.2) is 15.9 Å². The van der Waals surface area contributed by atoms with Gasteiger partial charge in [-0.3, -0.25) is 0 Å². The molecular weight excluding hydrogens is 282 g/mol. The van der Waals surface area contributed by atoms with E-state index in [1.54, 1.807) is 0 Å². The summed E-state index contributed by atoms with van der Waals surface area (Å²) in [6, 6.07) is 4.36. The Labute approximate surface area is 112 Å². The lowest BCUT2D eigenvalue weighted by Gasteiger charge is -2.31. The van der Waals surface area contributed by atoms with Gasteiger partial charge in [0.1, 0.15) is 0 Å². The van der Waals surface area contributed by atoms with Gasteiger partial charge in [-0.1, -0.05) is 26.7 Å². The first kappa shape index (κ1) is 14.2. The van der Waals surface area contributed by atoms with E-state index >= 15 is 0 Å². The SMILES string of the molecule is CCCCC(CC)(CN)Cc1ccc(Br)s1. The van der Waals surface area contributed by atoms with Gasteiger partial charge >= 0.3 is 0 Å². The van der Waals surface area contributed by atoms with E-state index in [2.05, 4.69) is 41.9 Å². The Morgan fingerprint density at radius 3 is 2.56 bits per heavy atom. The molecule has 1 aromatic rings. The molecule has 1 unspecified atom stereocenters. The molecule has 0 aliphatic rings. The van der Waals surface area contributed by atoms with Gasteiger partial charge in [0.15, 0.2) is 0 Å². The fourth-order valence-corrected chi connectivity index (χ4v) is 3.73. The van der Waals surface area contributed by atoms with Gasteiger partial charge in [0.2, 0.25) is 0 Å². The smallest absolute Gasteiger partial charge is 0.0701 e. The molecule has 1 rings (SSSR count). The average Bonchev–Trinajstić information content (AvgIpc) is 2.70. The van der Waals surface area contributed by atoms with E-state index in [1.165, 1.54) is 34.3 Å². The standard InChI is InChI=1S/C13H22BrNS/c1-3-5-8-13(4-2,10-15)9-11-6-7-12(14)16-11/h6-7H,3-5,8-10,15H2,1-2H3. The molecule has 0 bridgehead atoms. The zero-order valence-corrected chi connectivity index (χ0v) is 12.7. The molecule has 0 saturated heterocycles. The Morgan fingerprint density at radius 1 is 1.38 bits per heavy atom. The summed E-state index contributed by atoms with van der Waals surface area (Å²) >= 11 is 5.36. The number of halogens is 1. The van der Waals surface area contributed by atoms with Crippen LogP contribution in [0.1, 0.15) is 44.4 Å². The highest BCUT2D eigenvalue weighted by molar-refractivity contribution is 9.11. The van der Waals surface area contributed by atoms with Gasteiger partial charge in [-0.2, -0.15) is 0 Å². The minimum absolute atomic E-state index is 0.320. The maximum absolute atomic E-state index is 6.01. The van der Waals surface area contributed by atoms with Crippen LogP contribution < -0.4 is 5.73 Å². The lowest BCUT2D eigenvalue weighted by Crippen LogP contribution is -2.32. The Morgan fingerprint density at radius 2 is 2.12 bits per heavy atom. The molecule has 0 amide bonds. The van der Waals surface area contributed by atoms with Crippen LogP contribution in [0.25, 0.3) is 0 Å². The third kappa shape index (κ3) is 3.86. The van der Waals surface area contributed by atoms with Crippen LogP contribution >= 0.6 is 27.3 Å². The highest BCUT2D eigenvalue weighted by Crippen LogP contribution is 2.35. The molecule has 0 aliphatic carbocycles. The molecule has 1 heterocycles. The highest BCUT2D eigenvalue weighted by atomic mass is 79.9. The van der Waals surface area contributed by atoms with Crippen molar-refractivity contribution in [1.82, 2.24) is 0 Å². The third-order valence-electron chi connectivity index (χ3n) is 3.42. The molecule has 1 aromatic heterocycles. The minimum Gasteiger partial charge on any atom is -0.330 e. The van der Waals surface area contributed by atoms with Crippen molar-refractivity contribution < 1.29 is 0 Å². The van der Waals surface area contributed by atoms with Crippen molar-refractivity contribution in [2.45, 2.75) is 46.0 Å². The first-order valence-electron chi connectivity index (χ1n) is 6.10. The van der Waals surface area contributed by atoms with Gasteiger partial charge in [-0.15, -0.1) is 11.3 Å². The molecule has 16 heavy (non-hydrogen) atoms. The van der Waals surface area contributed by atoms with Gasteiger partial charge in [-0.25, -0.2) is 0 Å². The number of hydrogen-bond donors (Lipinski definition) is 1. The molecule has 2 N–H and O–H groups in total. The molecule has 0 radical (unpaired) electrons. The summed E-state index contributed by atoms with van der Waals surface area (Å²) in [6.07, 6.45) is 6.12. The van der Waals surface area contributed by atoms with Gasteiger partial charge in [-0.05, 0) is 59.3 Å². The van der Waals surface area contributed by atoms with Crippen LogP contribution in [-0.4, -0.2) is 6.54 Å². The van der Waals surface area contributed by atoms with Crippen molar-refractivity contribution in [3.8, 4) is 0 Å². The number of nitrogens with two attached hydrogens (primary N) is 1. The zero-order chi connectivity index (χ0) is 12.0. The summed E-state index contributed by atoms with van der Waals surface area (Å²) in [5.41, 5.74) is 6.33. The summed E-state index contributed by atoms with van der Waals surface area (Å²) in [5.74, 6) is 0. The highest BCUT2D eigenvalue weighted by Gasteiger charge is 2.26. The normalized spacial score (nSPS) is 15.0.